The number of hydrogen-bond donors (Lipinski definition) is 0. The topological polar surface area (TPSA) is 56.0 Å². The molecule has 0 bridgehead atoms. The normalized spacial score (nSPS) is 17.0. The van der Waals surface area contributed by atoms with E-state index >= 15 is 0 Å². The number of piperidine rings is 1. The van der Waals surface area contributed by atoms with Gasteiger partial charge < -0.3 is 9.47 Å². The van der Waals surface area contributed by atoms with E-state index in [2.05, 4.69) is 19.4 Å². The molecule has 22 heavy (non-hydrogen) atoms. The molecular formula is C16H23N5O. The van der Waals surface area contributed by atoms with Gasteiger partial charge in [0.15, 0.2) is 0 Å². The third-order valence-electron chi connectivity index (χ3n) is 4.47. The van der Waals surface area contributed by atoms with E-state index in [9.17, 15) is 4.79 Å². The van der Waals surface area contributed by atoms with Crippen LogP contribution in [0.1, 0.15) is 18.4 Å². The van der Waals surface area contributed by atoms with Gasteiger partial charge >= 0.3 is 0 Å². The van der Waals surface area contributed by atoms with E-state index in [1.807, 2.05) is 25.6 Å². The lowest BCUT2D eigenvalue weighted by molar-refractivity contribution is 0.168. The van der Waals surface area contributed by atoms with Crippen LogP contribution in [0.3, 0.4) is 0 Å². The largest absolute Gasteiger partial charge is 0.336 e. The van der Waals surface area contributed by atoms with Gasteiger partial charge in [-0.2, -0.15) is 0 Å². The van der Waals surface area contributed by atoms with Gasteiger partial charge in [-0.1, -0.05) is 0 Å². The number of likely N-dealkylation sites (tertiary alicyclic amines) is 1. The van der Waals surface area contributed by atoms with Crippen LogP contribution in [0.2, 0.25) is 0 Å². The minimum absolute atomic E-state index is 0.0949. The van der Waals surface area contributed by atoms with Crippen LogP contribution in [0.15, 0.2) is 36.0 Å². The highest BCUT2D eigenvalue weighted by molar-refractivity contribution is 5.00. The van der Waals surface area contributed by atoms with Crippen molar-refractivity contribution >= 4 is 0 Å². The molecule has 1 fully saturated rings. The van der Waals surface area contributed by atoms with Crippen molar-refractivity contribution in [1.29, 1.82) is 0 Å². The molecule has 3 heterocycles. The highest BCUT2D eigenvalue weighted by Crippen LogP contribution is 2.18. The molecule has 0 amide bonds. The summed E-state index contributed by atoms with van der Waals surface area (Å²) < 4.78 is 3.88. The fraction of sp³-hybridized carbons (Fsp3) is 0.562. The zero-order valence-electron chi connectivity index (χ0n) is 13.1. The highest BCUT2D eigenvalue weighted by Gasteiger charge is 2.19. The first kappa shape index (κ1) is 15.0. The number of rotatable bonds is 5. The average molecular weight is 301 g/mol. The second-order valence-electron chi connectivity index (χ2n) is 6.12. The third-order valence-corrected chi connectivity index (χ3v) is 4.47. The first-order valence-corrected chi connectivity index (χ1v) is 7.91. The van der Waals surface area contributed by atoms with Gasteiger partial charge in [-0.15, -0.1) is 0 Å². The molecule has 0 saturated carbocycles. The van der Waals surface area contributed by atoms with Gasteiger partial charge in [0.25, 0.3) is 5.56 Å². The highest BCUT2D eigenvalue weighted by atomic mass is 16.1. The Bertz CT molecular complexity index is 641. The Labute approximate surface area is 130 Å². The molecule has 2 aromatic rings. The van der Waals surface area contributed by atoms with Crippen LogP contribution < -0.4 is 5.56 Å². The molecule has 0 N–H and O–H groups in total. The Morgan fingerprint density at radius 1 is 1.18 bits per heavy atom. The number of nitrogens with zero attached hydrogens (tertiary/aromatic N) is 5. The van der Waals surface area contributed by atoms with Crippen LogP contribution in [-0.4, -0.2) is 43.6 Å². The summed E-state index contributed by atoms with van der Waals surface area (Å²) in [5.74, 6) is 0.575. The second kappa shape index (κ2) is 6.87. The van der Waals surface area contributed by atoms with Crippen LogP contribution in [0.5, 0.6) is 0 Å². The standard InChI is InChI=1S/C16H23N5O/c1-14-10-18-13-21(16(14)22)11-15-2-5-19(6-3-15)8-9-20-7-4-17-12-20/h4,7,10,12-13,15H,2-3,5-6,8-9,11H2,1H3. The summed E-state index contributed by atoms with van der Waals surface area (Å²) >= 11 is 0. The molecule has 1 aliphatic heterocycles. The van der Waals surface area contributed by atoms with Gasteiger partial charge in [0, 0.05) is 43.8 Å². The molecule has 0 spiro atoms. The Hall–Kier alpha value is -1.95. The fourth-order valence-electron chi connectivity index (χ4n) is 3.04. The summed E-state index contributed by atoms with van der Waals surface area (Å²) in [6, 6.07) is 0. The Kier molecular flexibility index (Phi) is 4.68. The van der Waals surface area contributed by atoms with Crippen molar-refractivity contribution in [3.8, 4) is 0 Å². The maximum Gasteiger partial charge on any atom is 0.256 e. The molecule has 2 aromatic heterocycles. The van der Waals surface area contributed by atoms with E-state index in [4.69, 9.17) is 0 Å². The first-order valence-electron chi connectivity index (χ1n) is 7.91. The number of hydrogen-bond acceptors (Lipinski definition) is 4. The molecular weight excluding hydrogens is 278 g/mol. The summed E-state index contributed by atoms with van der Waals surface area (Å²) in [5, 5.41) is 0. The van der Waals surface area contributed by atoms with Crippen molar-refractivity contribution in [2.24, 2.45) is 5.92 Å². The Morgan fingerprint density at radius 2 is 2.00 bits per heavy atom. The van der Waals surface area contributed by atoms with Gasteiger partial charge in [-0.05, 0) is 38.8 Å². The third kappa shape index (κ3) is 3.62. The lowest BCUT2D eigenvalue weighted by Gasteiger charge is -2.32. The zero-order chi connectivity index (χ0) is 15.4. The summed E-state index contributed by atoms with van der Waals surface area (Å²) in [6.07, 6.45) is 11.3. The molecule has 0 radical (unpaired) electrons. The SMILES string of the molecule is Cc1cncn(CC2CCN(CCn3ccnc3)CC2)c1=O. The van der Waals surface area contributed by atoms with E-state index in [0.29, 0.717) is 5.92 Å². The van der Waals surface area contributed by atoms with Gasteiger partial charge in [0.05, 0.1) is 12.7 Å². The fourth-order valence-corrected chi connectivity index (χ4v) is 3.04. The van der Waals surface area contributed by atoms with Gasteiger partial charge in [0.2, 0.25) is 0 Å². The number of imidazole rings is 1. The summed E-state index contributed by atoms with van der Waals surface area (Å²) in [6.45, 7) is 6.88. The quantitative estimate of drug-likeness (QED) is 0.831. The van der Waals surface area contributed by atoms with Crippen molar-refractivity contribution in [1.82, 2.24) is 24.0 Å². The van der Waals surface area contributed by atoms with Crippen molar-refractivity contribution < 1.29 is 0 Å². The molecule has 0 atom stereocenters. The summed E-state index contributed by atoms with van der Waals surface area (Å²) in [7, 11) is 0. The van der Waals surface area contributed by atoms with E-state index in [1.165, 1.54) is 0 Å². The monoisotopic (exact) mass is 301 g/mol. The van der Waals surface area contributed by atoms with Crippen LogP contribution in [0, 0.1) is 12.8 Å². The second-order valence-corrected chi connectivity index (χ2v) is 6.12. The minimum Gasteiger partial charge on any atom is -0.336 e. The molecule has 6 nitrogen and oxygen atoms in total. The number of aromatic nitrogens is 4. The lowest BCUT2D eigenvalue weighted by atomic mass is 9.96. The molecule has 1 saturated heterocycles. The van der Waals surface area contributed by atoms with Gasteiger partial charge in [0.1, 0.15) is 0 Å². The van der Waals surface area contributed by atoms with Crippen molar-refractivity contribution in [2.45, 2.75) is 32.9 Å². The summed E-state index contributed by atoms with van der Waals surface area (Å²) in [4.78, 5) is 22.7. The molecule has 1 aliphatic rings. The Morgan fingerprint density at radius 3 is 2.73 bits per heavy atom. The van der Waals surface area contributed by atoms with E-state index < -0.39 is 0 Å². The lowest BCUT2D eigenvalue weighted by Crippen LogP contribution is -2.38. The van der Waals surface area contributed by atoms with Crippen LogP contribution in [0.25, 0.3) is 0 Å². The van der Waals surface area contributed by atoms with Crippen molar-refractivity contribution in [2.75, 3.05) is 19.6 Å². The average Bonchev–Trinajstić information content (AvgIpc) is 3.05. The molecule has 0 aliphatic carbocycles. The molecule has 0 unspecified atom stereocenters. The van der Waals surface area contributed by atoms with Gasteiger partial charge in [-0.25, -0.2) is 9.97 Å². The van der Waals surface area contributed by atoms with E-state index in [0.717, 1.165) is 51.1 Å². The Balaban J connectivity index is 1.47. The molecule has 0 aromatic carbocycles. The minimum atomic E-state index is 0.0949. The van der Waals surface area contributed by atoms with E-state index in [-0.39, 0.29) is 5.56 Å². The number of aryl methyl sites for hydroxylation is 1. The van der Waals surface area contributed by atoms with Crippen LogP contribution in [0.4, 0.5) is 0 Å². The maximum absolute atomic E-state index is 12.0. The van der Waals surface area contributed by atoms with Crippen molar-refractivity contribution in [3.05, 3.63) is 47.2 Å². The molecule has 3 rings (SSSR count). The predicted octanol–water partition coefficient (Wildman–Crippen LogP) is 1.16. The first-order chi connectivity index (χ1) is 10.7. The van der Waals surface area contributed by atoms with Gasteiger partial charge in [-0.3, -0.25) is 9.36 Å². The maximum atomic E-state index is 12.0. The van der Waals surface area contributed by atoms with E-state index in [1.54, 1.807) is 17.1 Å². The van der Waals surface area contributed by atoms with Crippen LogP contribution in [-0.2, 0) is 13.1 Å². The smallest absolute Gasteiger partial charge is 0.256 e. The van der Waals surface area contributed by atoms with Crippen molar-refractivity contribution in [3.63, 3.8) is 0 Å². The van der Waals surface area contributed by atoms with Crippen LogP contribution >= 0.6 is 0 Å². The summed E-state index contributed by atoms with van der Waals surface area (Å²) in [5.41, 5.74) is 0.817. The molecule has 6 heteroatoms. The zero-order valence-corrected chi connectivity index (χ0v) is 13.1. The predicted molar refractivity (Wildman–Crippen MR) is 84.6 cm³/mol. The molecule has 118 valence electrons.